The van der Waals surface area contributed by atoms with Crippen LogP contribution in [0.3, 0.4) is 0 Å². The second-order valence-corrected chi connectivity index (χ2v) is 6.62. The van der Waals surface area contributed by atoms with Gasteiger partial charge in [0.1, 0.15) is 30.3 Å². The molecule has 3 heterocycles. The van der Waals surface area contributed by atoms with Gasteiger partial charge in [0, 0.05) is 31.5 Å². The molecule has 0 unspecified atom stereocenters. The third kappa shape index (κ3) is 3.75. The van der Waals surface area contributed by atoms with Crippen LogP contribution in [0.25, 0.3) is 5.82 Å². The summed E-state index contributed by atoms with van der Waals surface area (Å²) in [6.07, 6.45) is 4.94. The summed E-state index contributed by atoms with van der Waals surface area (Å²) in [7, 11) is 0. The third-order valence-electron chi connectivity index (χ3n) is 4.66. The maximum Gasteiger partial charge on any atom is 0.262 e. The molecule has 3 aromatic rings. The van der Waals surface area contributed by atoms with Crippen LogP contribution in [0.2, 0.25) is 0 Å². The van der Waals surface area contributed by atoms with Gasteiger partial charge in [-0.15, -0.1) is 0 Å². The molecule has 3 amide bonds. The Bertz CT molecular complexity index is 1090. The molecule has 10 heteroatoms. The van der Waals surface area contributed by atoms with Crippen LogP contribution >= 0.6 is 0 Å². The van der Waals surface area contributed by atoms with E-state index in [-0.39, 0.29) is 6.54 Å². The number of aromatic nitrogens is 4. The van der Waals surface area contributed by atoms with Crippen LogP contribution in [0.5, 0.6) is 0 Å². The van der Waals surface area contributed by atoms with E-state index >= 15 is 0 Å². The molecule has 0 bridgehead atoms. The molecule has 2 aromatic heterocycles. The summed E-state index contributed by atoms with van der Waals surface area (Å²) in [6, 6.07) is 8.31. The van der Waals surface area contributed by atoms with Crippen LogP contribution in [-0.4, -0.2) is 61.8 Å². The quantitative estimate of drug-likeness (QED) is 0.440. The Kier molecular flexibility index (Phi) is 5.21. The minimum atomic E-state index is -0.452. The second-order valence-electron chi connectivity index (χ2n) is 6.62. The van der Waals surface area contributed by atoms with E-state index < -0.39 is 17.7 Å². The summed E-state index contributed by atoms with van der Waals surface area (Å²) in [5.41, 5.74) is 0.648. The number of hydrogen-bond acceptors (Lipinski definition) is 7. The first-order valence-corrected chi connectivity index (χ1v) is 9.33. The number of imide groups is 1. The molecule has 0 fully saturated rings. The monoisotopic (exact) mass is 405 g/mol. The van der Waals surface area contributed by atoms with E-state index in [1.807, 2.05) is 11.5 Å². The van der Waals surface area contributed by atoms with Crippen molar-refractivity contribution in [2.24, 2.45) is 0 Å². The lowest BCUT2D eigenvalue weighted by molar-refractivity contribution is -0.121. The smallest absolute Gasteiger partial charge is 0.262 e. The van der Waals surface area contributed by atoms with Crippen LogP contribution in [0.1, 0.15) is 26.5 Å². The van der Waals surface area contributed by atoms with Gasteiger partial charge in [-0.1, -0.05) is 12.1 Å². The predicted octanol–water partition coefficient (Wildman–Crippen LogP) is 0.795. The van der Waals surface area contributed by atoms with E-state index in [1.165, 1.54) is 6.33 Å². The molecule has 0 saturated carbocycles. The average Bonchev–Trinajstić information content (AvgIpc) is 3.29. The van der Waals surface area contributed by atoms with Gasteiger partial charge in [-0.25, -0.2) is 15.0 Å². The summed E-state index contributed by atoms with van der Waals surface area (Å²) in [5.74, 6) is 0.767. The highest BCUT2D eigenvalue weighted by molar-refractivity contribution is 6.22. The number of benzene rings is 1. The van der Waals surface area contributed by atoms with Crippen molar-refractivity contribution in [2.45, 2.75) is 6.92 Å². The van der Waals surface area contributed by atoms with Gasteiger partial charge in [0.25, 0.3) is 11.8 Å². The molecule has 10 nitrogen and oxygen atoms in total. The molecule has 1 aliphatic heterocycles. The Labute approximate surface area is 172 Å². The first-order chi connectivity index (χ1) is 14.5. The van der Waals surface area contributed by atoms with Crippen molar-refractivity contribution in [1.82, 2.24) is 29.7 Å². The Balaban J connectivity index is 1.27. The molecule has 1 aromatic carbocycles. The number of anilines is 1. The maximum atomic E-state index is 12.3. The van der Waals surface area contributed by atoms with Crippen molar-refractivity contribution in [3.05, 3.63) is 66.0 Å². The van der Waals surface area contributed by atoms with Crippen molar-refractivity contribution in [3.8, 4) is 5.82 Å². The van der Waals surface area contributed by atoms with Crippen molar-refractivity contribution in [3.63, 3.8) is 0 Å². The van der Waals surface area contributed by atoms with Crippen LogP contribution in [0.15, 0.2) is 49.1 Å². The fraction of sp³-hybridized carbons (Fsp3) is 0.200. The largest absolute Gasteiger partial charge is 0.368 e. The summed E-state index contributed by atoms with van der Waals surface area (Å²) in [4.78, 5) is 50.3. The summed E-state index contributed by atoms with van der Waals surface area (Å²) in [5, 5.41) is 5.79. The number of hydrogen-bond donors (Lipinski definition) is 2. The lowest BCUT2D eigenvalue weighted by Gasteiger charge is -2.14. The average molecular weight is 405 g/mol. The highest BCUT2D eigenvalue weighted by Gasteiger charge is 2.36. The van der Waals surface area contributed by atoms with E-state index in [0.29, 0.717) is 35.9 Å². The lowest BCUT2D eigenvalue weighted by atomic mass is 10.1. The predicted molar refractivity (Wildman–Crippen MR) is 107 cm³/mol. The number of fused-ring (bicyclic) bond motifs is 1. The fourth-order valence-electron chi connectivity index (χ4n) is 3.17. The standard InChI is InChI=1S/C20H19N7O3/c1-13-21-8-9-26(13)17-10-16(24-12-25-17)22-6-7-23-18(28)11-27-19(29)14-4-2-3-5-15(14)20(27)30/h2-5,8-10,12H,6-7,11H2,1H3,(H,23,28)(H,22,24,25). The molecule has 0 aliphatic carbocycles. The Morgan fingerprint density at radius 3 is 2.43 bits per heavy atom. The van der Waals surface area contributed by atoms with Gasteiger partial charge in [0.05, 0.1) is 11.1 Å². The molecule has 0 atom stereocenters. The van der Waals surface area contributed by atoms with Crippen molar-refractivity contribution in [2.75, 3.05) is 25.0 Å². The Hall–Kier alpha value is -4.08. The molecule has 0 saturated heterocycles. The van der Waals surface area contributed by atoms with Gasteiger partial charge in [0.15, 0.2) is 0 Å². The van der Waals surface area contributed by atoms with Crippen molar-refractivity contribution >= 4 is 23.5 Å². The lowest BCUT2D eigenvalue weighted by Crippen LogP contribution is -2.41. The molecule has 0 spiro atoms. The van der Waals surface area contributed by atoms with Gasteiger partial charge in [-0.3, -0.25) is 23.9 Å². The van der Waals surface area contributed by atoms with E-state index in [0.717, 1.165) is 10.7 Å². The molecule has 30 heavy (non-hydrogen) atoms. The fourth-order valence-corrected chi connectivity index (χ4v) is 3.17. The first-order valence-electron chi connectivity index (χ1n) is 9.33. The molecule has 0 radical (unpaired) electrons. The Morgan fingerprint density at radius 2 is 1.77 bits per heavy atom. The van der Waals surface area contributed by atoms with Gasteiger partial charge >= 0.3 is 0 Å². The highest BCUT2D eigenvalue weighted by Crippen LogP contribution is 2.21. The number of aryl methyl sites for hydroxylation is 1. The summed E-state index contributed by atoms with van der Waals surface area (Å²) >= 11 is 0. The molecular formula is C20H19N7O3. The zero-order chi connectivity index (χ0) is 21.1. The van der Waals surface area contributed by atoms with Gasteiger partial charge in [-0.2, -0.15) is 0 Å². The molecule has 1 aliphatic rings. The van der Waals surface area contributed by atoms with Crippen LogP contribution in [0, 0.1) is 6.92 Å². The van der Waals surface area contributed by atoms with Gasteiger partial charge in [0.2, 0.25) is 5.91 Å². The maximum absolute atomic E-state index is 12.3. The molecule has 4 rings (SSSR count). The number of carbonyl (C=O) groups excluding carboxylic acids is 3. The normalized spacial score (nSPS) is 12.8. The first kappa shape index (κ1) is 19.2. The molecule has 152 valence electrons. The number of nitrogens with zero attached hydrogens (tertiary/aromatic N) is 5. The number of nitrogens with one attached hydrogen (secondary N) is 2. The van der Waals surface area contributed by atoms with Crippen LogP contribution < -0.4 is 10.6 Å². The van der Waals surface area contributed by atoms with Crippen LogP contribution in [0.4, 0.5) is 5.82 Å². The third-order valence-corrected chi connectivity index (χ3v) is 4.66. The van der Waals surface area contributed by atoms with E-state index in [2.05, 4.69) is 25.6 Å². The summed E-state index contributed by atoms with van der Waals surface area (Å²) < 4.78 is 1.83. The van der Waals surface area contributed by atoms with Crippen LogP contribution in [-0.2, 0) is 4.79 Å². The van der Waals surface area contributed by atoms with E-state index in [9.17, 15) is 14.4 Å². The minimum absolute atomic E-state index is 0.297. The van der Waals surface area contributed by atoms with E-state index in [1.54, 1.807) is 42.7 Å². The van der Waals surface area contributed by atoms with E-state index in [4.69, 9.17) is 0 Å². The topological polar surface area (TPSA) is 122 Å². The zero-order valence-electron chi connectivity index (χ0n) is 16.2. The number of rotatable bonds is 7. The van der Waals surface area contributed by atoms with Crippen molar-refractivity contribution in [1.29, 1.82) is 0 Å². The zero-order valence-corrected chi connectivity index (χ0v) is 16.2. The molecule has 2 N–H and O–H groups in total. The minimum Gasteiger partial charge on any atom is -0.368 e. The SMILES string of the molecule is Cc1nccn1-c1cc(NCCNC(=O)CN2C(=O)c3ccccc3C2=O)ncn1. The highest BCUT2D eigenvalue weighted by atomic mass is 16.2. The number of carbonyl (C=O) groups is 3. The summed E-state index contributed by atoms with van der Waals surface area (Å²) in [6.45, 7) is 2.27. The van der Waals surface area contributed by atoms with Gasteiger partial charge in [-0.05, 0) is 19.1 Å². The number of amides is 3. The van der Waals surface area contributed by atoms with Crippen molar-refractivity contribution < 1.29 is 14.4 Å². The van der Waals surface area contributed by atoms with Gasteiger partial charge < -0.3 is 10.6 Å². The number of imidazole rings is 1. The second kappa shape index (κ2) is 8.11. The molecular weight excluding hydrogens is 386 g/mol. The Morgan fingerprint density at radius 1 is 1.03 bits per heavy atom.